The Morgan fingerprint density at radius 3 is 2.79 bits per heavy atom. The highest BCUT2D eigenvalue weighted by molar-refractivity contribution is 6.31. The third-order valence-electron chi connectivity index (χ3n) is 3.92. The Kier molecular flexibility index (Phi) is 5.78. The zero-order valence-corrected chi connectivity index (χ0v) is 16.0. The Morgan fingerprint density at radius 2 is 2.10 bits per heavy atom. The Labute approximate surface area is 167 Å². The molecule has 0 unspecified atom stereocenters. The lowest BCUT2D eigenvalue weighted by Gasteiger charge is -2.17. The van der Waals surface area contributed by atoms with Crippen molar-refractivity contribution in [1.29, 1.82) is 0 Å². The Morgan fingerprint density at radius 1 is 1.34 bits per heavy atom. The van der Waals surface area contributed by atoms with Gasteiger partial charge in [-0.15, -0.1) is 0 Å². The number of carbonyl (C=O) groups is 1. The third-order valence-corrected chi connectivity index (χ3v) is 4.13. The second-order valence-corrected chi connectivity index (χ2v) is 6.50. The lowest BCUT2D eigenvalue weighted by molar-refractivity contribution is -0.138. The number of hydrogen-bond donors (Lipinski definition) is 3. The van der Waals surface area contributed by atoms with E-state index in [1.165, 1.54) is 26.4 Å². The summed E-state index contributed by atoms with van der Waals surface area (Å²) < 4.78 is 42.1. The molecular formula is C17H16ClF3N6O2. The summed E-state index contributed by atoms with van der Waals surface area (Å²) in [7, 11) is 1.38. The van der Waals surface area contributed by atoms with Crippen molar-refractivity contribution in [3.05, 3.63) is 29.7 Å². The maximum atomic E-state index is 12.3. The van der Waals surface area contributed by atoms with Crippen LogP contribution in [0.25, 0.3) is 22.4 Å². The van der Waals surface area contributed by atoms with E-state index >= 15 is 0 Å². The van der Waals surface area contributed by atoms with E-state index in [1.54, 1.807) is 12.3 Å². The van der Waals surface area contributed by atoms with Crippen molar-refractivity contribution in [3.8, 4) is 17.1 Å². The fourth-order valence-corrected chi connectivity index (χ4v) is 2.69. The summed E-state index contributed by atoms with van der Waals surface area (Å²) in [6, 6.07) is 0.692. The first-order valence-corrected chi connectivity index (χ1v) is 8.71. The summed E-state index contributed by atoms with van der Waals surface area (Å²) in [5.41, 5.74) is 1.19. The predicted molar refractivity (Wildman–Crippen MR) is 101 cm³/mol. The average Bonchev–Trinajstić information content (AvgIpc) is 3.08. The number of aromatic nitrogens is 4. The van der Waals surface area contributed by atoms with Gasteiger partial charge in [-0.3, -0.25) is 4.79 Å². The lowest BCUT2D eigenvalue weighted by atomic mass is 10.2. The molecule has 12 heteroatoms. The number of nitrogens with zero attached hydrogens (tertiary/aromatic N) is 3. The summed E-state index contributed by atoms with van der Waals surface area (Å²) in [5.74, 6) is -0.184. The van der Waals surface area contributed by atoms with Gasteiger partial charge in [0.05, 0.1) is 18.3 Å². The zero-order valence-electron chi connectivity index (χ0n) is 15.3. The minimum Gasteiger partial charge on any atom is -0.491 e. The van der Waals surface area contributed by atoms with Gasteiger partial charge in [0.25, 0.3) is 0 Å². The first-order chi connectivity index (χ1) is 13.7. The molecule has 0 saturated carbocycles. The number of aromatic amines is 1. The van der Waals surface area contributed by atoms with E-state index in [0.29, 0.717) is 21.6 Å². The normalized spacial score (nSPS) is 12.6. The van der Waals surface area contributed by atoms with Crippen LogP contribution in [0.1, 0.15) is 6.92 Å². The van der Waals surface area contributed by atoms with Gasteiger partial charge in [-0.1, -0.05) is 11.6 Å². The molecule has 3 N–H and O–H groups in total. The zero-order chi connectivity index (χ0) is 21.2. The third kappa shape index (κ3) is 4.86. The van der Waals surface area contributed by atoms with Crippen molar-refractivity contribution in [1.82, 2.24) is 25.3 Å². The van der Waals surface area contributed by atoms with E-state index in [1.807, 2.05) is 5.32 Å². The van der Waals surface area contributed by atoms with Crippen LogP contribution in [-0.4, -0.2) is 51.7 Å². The van der Waals surface area contributed by atoms with E-state index in [9.17, 15) is 18.0 Å². The minimum absolute atomic E-state index is 0.150. The van der Waals surface area contributed by atoms with Crippen molar-refractivity contribution in [2.45, 2.75) is 19.1 Å². The number of halogens is 4. The van der Waals surface area contributed by atoms with Crippen molar-refractivity contribution >= 4 is 34.4 Å². The fraction of sp³-hybridized carbons (Fsp3) is 0.294. The number of ether oxygens (including phenoxy) is 1. The van der Waals surface area contributed by atoms with Gasteiger partial charge in [0.15, 0.2) is 17.4 Å². The topological polar surface area (TPSA) is 105 Å². The summed E-state index contributed by atoms with van der Waals surface area (Å²) in [6.45, 7) is -0.0184. The molecule has 1 atom stereocenters. The number of methoxy groups -OCH3 is 1. The van der Waals surface area contributed by atoms with Crippen LogP contribution in [0.4, 0.5) is 19.0 Å². The van der Waals surface area contributed by atoms with E-state index in [4.69, 9.17) is 16.3 Å². The second-order valence-electron chi connectivity index (χ2n) is 6.06. The van der Waals surface area contributed by atoms with E-state index < -0.39 is 24.7 Å². The molecule has 3 heterocycles. The second kappa shape index (κ2) is 8.11. The molecule has 0 bridgehead atoms. The summed E-state index contributed by atoms with van der Waals surface area (Å²) in [4.78, 5) is 27.7. The lowest BCUT2D eigenvalue weighted by Crippen LogP contribution is -2.42. The number of hydrogen-bond acceptors (Lipinski definition) is 6. The number of alkyl halides is 3. The van der Waals surface area contributed by atoms with Crippen molar-refractivity contribution in [3.63, 3.8) is 0 Å². The van der Waals surface area contributed by atoms with E-state index in [-0.39, 0.29) is 17.4 Å². The van der Waals surface area contributed by atoms with Gasteiger partial charge < -0.3 is 20.4 Å². The number of anilines is 1. The van der Waals surface area contributed by atoms with Crippen LogP contribution >= 0.6 is 11.6 Å². The molecule has 1 amide bonds. The first-order valence-electron chi connectivity index (χ1n) is 8.33. The number of pyridine rings is 1. The van der Waals surface area contributed by atoms with Crippen molar-refractivity contribution in [2.24, 2.45) is 0 Å². The molecule has 0 aliphatic heterocycles. The standard InChI is InChI=1S/C17H16ClF3N6O2/c1-8(16(28)25-7-17(19,20)21)26-15-12(29-2)6-24-14(27-15)11-5-23-13-10(11)3-9(18)4-22-13/h3-6,8H,7H2,1-2H3,(H,22,23)(H,25,28)(H,24,26,27)/t8-/m0/s1. The fourth-order valence-electron chi connectivity index (χ4n) is 2.53. The number of carbonyl (C=O) groups excluding carboxylic acids is 1. The molecule has 0 aliphatic carbocycles. The van der Waals surface area contributed by atoms with Gasteiger partial charge in [0, 0.05) is 23.3 Å². The van der Waals surface area contributed by atoms with E-state index in [2.05, 4.69) is 25.3 Å². The average molecular weight is 429 g/mol. The van der Waals surface area contributed by atoms with Gasteiger partial charge in [-0.2, -0.15) is 13.2 Å². The minimum atomic E-state index is -4.50. The SMILES string of the molecule is COc1cnc(-c2c[nH]c3ncc(Cl)cc23)nc1N[C@@H](C)C(=O)NCC(F)(F)F. The number of amides is 1. The molecule has 0 aliphatic rings. The van der Waals surface area contributed by atoms with Gasteiger partial charge in [-0.25, -0.2) is 15.0 Å². The summed E-state index contributed by atoms with van der Waals surface area (Å²) in [6.07, 6.45) is 0.0357. The highest BCUT2D eigenvalue weighted by atomic mass is 35.5. The molecule has 3 rings (SSSR count). The predicted octanol–water partition coefficient (Wildman–Crippen LogP) is 3.16. The summed E-state index contributed by atoms with van der Waals surface area (Å²) >= 11 is 6.01. The molecule has 3 aromatic heterocycles. The molecule has 0 spiro atoms. The largest absolute Gasteiger partial charge is 0.491 e. The monoisotopic (exact) mass is 428 g/mol. The molecule has 0 saturated heterocycles. The molecule has 8 nitrogen and oxygen atoms in total. The van der Waals surface area contributed by atoms with Crippen LogP contribution in [-0.2, 0) is 4.79 Å². The Bertz CT molecular complexity index is 1040. The van der Waals surface area contributed by atoms with E-state index in [0.717, 1.165) is 0 Å². The molecule has 3 aromatic rings. The maximum Gasteiger partial charge on any atom is 0.405 e. The van der Waals surface area contributed by atoms with Crippen LogP contribution in [0, 0.1) is 0 Å². The highest BCUT2D eigenvalue weighted by Gasteiger charge is 2.29. The highest BCUT2D eigenvalue weighted by Crippen LogP contribution is 2.30. The molecule has 154 valence electrons. The number of fused-ring (bicyclic) bond motifs is 1. The number of nitrogens with one attached hydrogen (secondary N) is 3. The number of rotatable bonds is 6. The number of H-pyrrole nitrogens is 1. The Hall–Kier alpha value is -3.08. The van der Waals surface area contributed by atoms with Gasteiger partial charge in [-0.05, 0) is 13.0 Å². The quantitative estimate of drug-likeness (QED) is 0.557. The molecule has 0 radical (unpaired) electrons. The van der Waals surface area contributed by atoms with Crippen LogP contribution in [0.15, 0.2) is 24.7 Å². The van der Waals surface area contributed by atoms with Gasteiger partial charge in [0.1, 0.15) is 18.2 Å². The van der Waals surface area contributed by atoms with Crippen molar-refractivity contribution < 1.29 is 22.7 Å². The Balaban J connectivity index is 1.87. The van der Waals surface area contributed by atoms with Crippen LogP contribution in [0.3, 0.4) is 0 Å². The smallest absolute Gasteiger partial charge is 0.405 e. The first kappa shape index (κ1) is 20.6. The van der Waals surface area contributed by atoms with Crippen LogP contribution in [0.5, 0.6) is 5.75 Å². The van der Waals surface area contributed by atoms with Gasteiger partial charge in [0.2, 0.25) is 5.91 Å². The maximum absolute atomic E-state index is 12.3. The van der Waals surface area contributed by atoms with Crippen LogP contribution in [0.2, 0.25) is 5.02 Å². The molecule has 29 heavy (non-hydrogen) atoms. The summed E-state index contributed by atoms with van der Waals surface area (Å²) in [5, 5.41) is 5.68. The van der Waals surface area contributed by atoms with Crippen LogP contribution < -0.4 is 15.4 Å². The molecule has 0 fully saturated rings. The molecular weight excluding hydrogens is 413 g/mol. The van der Waals surface area contributed by atoms with Gasteiger partial charge >= 0.3 is 6.18 Å². The van der Waals surface area contributed by atoms with Crippen molar-refractivity contribution in [2.75, 3.05) is 19.0 Å². The molecule has 0 aromatic carbocycles.